The van der Waals surface area contributed by atoms with Crippen LogP contribution in [0, 0.1) is 0 Å². The number of alkyl halides is 6. The number of hydrogen-bond donors (Lipinski definition) is 3. The van der Waals surface area contributed by atoms with Crippen LogP contribution in [0.4, 0.5) is 26.3 Å². The number of hydrogen-bond acceptors (Lipinski definition) is 5. The van der Waals surface area contributed by atoms with E-state index in [1.807, 2.05) is 4.90 Å². The fourth-order valence-electron chi connectivity index (χ4n) is 2.33. The number of amides is 1. The molecule has 0 aromatic carbocycles. The number of nitrogens with two attached hydrogens (primary N) is 1. The van der Waals surface area contributed by atoms with Crippen LogP contribution in [-0.2, 0) is 14.4 Å². The highest BCUT2D eigenvalue weighted by Gasteiger charge is 2.39. The summed E-state index contributed by atoms with van der Waals surface area (Å²) in [6.45, 7) is 5.48. The van der Waals surface area contributed by atoms with Crippen molar-refractivity contribution in [1.29, 1.82) is 0 Å². The number of piperazine rings is 1. The number of carboxylic acid groups (broad SMARTS) is 2. The van der Waals surface area contributed by atoms with Crippen molar-refractivity contribution in [2.24, 2.45) is 5.73 Å². The molecule has 0 aromatic heterocycles. The van der Waals surface area contributed by atoms with E-state index in [9.17, 15) is 31.1 Å². The van der Waals surface area contributed by atoms with Crippen molar-refractivity contribution in [3.8, 4) is 0 Å². The Kier molecular flexibility index (Phi) is 9.67. The maximum Gasteiger partial charge on any atom is 0.490 e. The normalized spacial score (nSPS) is 22.6. The van der Waals surface area contributed by atoms with Crippen LogP contribution in [0.5, 0.6) is 0 Å². The van der Waals surface area contributed by atoms with Gasteiger partial charge in [-0.15, -0.1) is 0 Å². The van der Waals surface area contributed by atoms with Gasteiger partial charge in [0.15, 0.2) is 0 Å². The molecule has 8 nitrogen and oxygen atoms in total. The topological polar surface area (TPSA) is 124 Å². The Balaban J connectivity index is 0.000000444. The van der Waals surface area contributed by atoms with Crippen LogP contribution in [0.25, 0.3) is 0 Å². The van der Waals surface area contributed by atoms with Crippen LogP contribution in [-0.4, -0.2) is 88.5 Å². The molecule has 0 radical (unpaired) electrons. The van der Waals surface area contributed by atoms with E-state index >= 15 is 0 Å². The van der Waals surface area contributed by atoms with Gasteiger partial charge in [0.05, 0.1) is 0 Å². The molecule has 1 saturated heterocycles. The van der Waals surface area contributed by atoms with Gasteiger partial charge in [0, 0.05) is 45.2 Å². The van der Waals surface area contributed by atoms with Crippen molar-refractivity contribution in [2.75, 3.05) is 26.2 Å². The zero-order valence-electron chi connectivity index (χ0n) is 14.8. The first-order chi connectivity index (χ1) is 12.6. The summed E-state index contributed by atoms with van der Waals surface area (Å²) >= 11 is 0. The van der Waals surface area contributed by atoms with Gasteiger partial charge in [0.2, 0.25) is 5.91 Å². The van der Waals surface area contributed by atoms with Gasteiger partial charge in [-0.05, 0) is 12.8 Å². The standard InChI is InChI=1S/C10H19N3O.2C2HF3O2/c1-8(14)12-2-4-13(5-3-12)10-6-9(11)7-10;2*3-2(4,5)1(6)7/h9-10H,2-7,11H2,1H3;2*(H,6,7). The fourth-order valence-corrected chi connectivity index (χ4v) is 2.33. The lowest BCUT2D eigenvalue weighted by molar-refractivity contribution is -0.193. The van der Waals surface area contributed by atoms with Gasteiger partial charge in [0.1, 0.15) is 0 Å². The van der Waals surface area contributed by atoms with Gasteiger partial charge in [-0.1, -0.05) is 0 Å². The molecular formula is C14H21F6N3O5. The third-order valence-corrected chi connectivity index (χ3v) is 3.91. The minimum Gasteiger partial charge on any atom is -0.475 e. The van der Waals surface area contributed by atoms with Crippen molar-refractivity contribution in [3.05, 3.63) is 0 Å². The second kappa shape index (κ2) is 10.5. The lowest BCUT2D eigenvalue weighted by Crippen LogP contribution is -2.57. The average Bonchev–Trinajstić information content (AvgIpc) is 2.51. The first-order valence-corrected chi connectivity index (χ1v) is 7.91. The monoisotopic (exact) mass is 425 g/mol. The number of halogens is 6. The number of aliphatic carboxylic acids is 2. The minimum absolute atomic E-state index is 0.204. The molecule has 1 amide bonds. The van der Waals surface area contributed by atoms with E-state index in [1.165, 1.54) is 0 Å². The highest BCUT2D eigenvalue weighted by molar-refractivity contribution is 5.73. The molecule has 0 atom stereocenters. The summed E-state index contributed by atoms with van der Waals surface area (Å²) < 4.78 is 63.5. The molecule has 1 aliphatic carbocycles. The molecule has 0 spiro atoms. The molecule has 4 N–H and O–H groups in total. The first-order valence-electron chi connectivity index (χ1n) is 7.91. The Morgan fingerprint density at radius 2 is 1.18 bits per heavy atom. The number of nitrogens with zero attached hydrogens (tertiary/aromatic N) is 2. The SMILES string of the molecule is CC(=O)N1CCN(C2CC(N)C2)CC1.O=C(O)C(F)(F)F.O=C(O)C(F)(F)F. The summed E-state index contributed by atoms with van der Waals surface area (Å²) in [6.07, 6.45) is -7.89. The average molecular weight is 425 g/mol. The Bertz CT molecular complexity index is 517. The molecule has 0 aromatic rings. The molecule has 1 heterocycles. The second-order valence-corrected chi connectivity index (χ2v) is 6.03. The largest absolute Gasteiger partial charge is 0.490 e. The lowest BCUT2D eigenvalue weighted by Gasteiger charge is -2.45. The Morgan fingerprint density at radius 3 is 1.39 bits per heavy atom. The quantitative estimate of drug-likeness (QED) is 0.534. The Morgan fingerprint density at radius 1 is 0.857 bits per heavy atom. The Hall–Kier alpha value is -2.09. The van der Waals surface area contributed by atoms with E-state index in [0.29, 0.717) is 12.1 Å². The van der Waals surface area contributed by atoms with Crippen LogP contribution in [0.1, 0.15) is 19.8 Å². The first kappa shape index (κ1) is 25.9. The van der Waals surface area contributed by atoms with Gasteiger partial charge < -0.3 is 20.8 Å². The minimum atomic E-state index is -5.08. The zero-order valence-corrected chi connectivity index (χ0v) is 14.8. The summed E-state index contributed by atoms with van der Waals surface area (Å²) in [4.78, 5) is 33.3. The van der Waals surface area contributed by atoms with Crippen molar-refractivity contribution in [1.82, 2.24) is 9.80 Å². The van der Waals surface area contributed by atoms with E-state index in [2.05, 4.69) is 4.90 Å². The van der Waals surface area contributed by atoms with Gasteiger partial charge >= 0.3 is 24.3 Å². The van der Waals surface area contributed by atoms with Crippen LogP contribution in [0.15, 0.2) is 0 Å². The second-order valence-electron chi connectivity index (χ2n) is 6.03. The van der Waals surface area contributed by atoms with E-state index in [4.69, 9.17) is 25.5 Å². The fraction of sp³-hybridized carbons (Fsp3) is 0.786. The number of carboxylic acids is 2. The molecule has 2 aliphatic rings. The van der Waals surface area contributed by atoms with E-state index in [0.717, 1.165) is 39.0 Å². The molecule has 1 aliphatic heterocycles. The highest BCUT2D eigenvalue weighted by Crippen LogP contribution is 2.24. The summed E-state index contributed by atoms with van der Waals surface area (Å²) in [5.41, 5.74) is 5.76. The lowest BCUT2D eigenvalue weighted by atomic mass is 9.86. The number of carbonyl (C=O) groups excluding carboxylic acids is 1. The number of carbonyl (C=O) groups is 3. The van der Waals surface area contributed by atoms with Crippen molar-refractivity contribution in [2.45, 2.75) is 44.2 Å². The van der Waals surface area contributed by atoms with Gasteiger partial charge in [-0.3, -0.25) is 9.69 Å². The predicted molar refractivity (Wildman–Crippen MR) is 82.2 cm³/mol. The molecule has 0 bridgehead atoms. The molecule has 14 heteroatoms. The van der Waals surface area contributed by atoms with Gasteiger partial charge in [0.25, 0.3) is 0 Å². The van der Waals surface area contributed by atoms with Crippen LogP contribution < -0.4 is 5.73 Å². The Labute approximate surface area is 155 Å². The van der Waals surface area contributed by atoms with Crippen molar-refractivity contribution in [3.63, 3.8) is 0 Å². The molecule has 1 saturated carbocycles. The summed E-state index contributed by atoms with van der Waals surface area (Å²) in [5.74, 6) is -5.31. The van der Waals surface area contributed by atoms with E-state index < -0.39 is 24.3 Å². The molecule has 28 heavy (non-hydrogen) atoms. The summed E-state index contributed by atoms with van der Waals surface area (Å²) in [5, 5.41) is 14.2. The van der Waals surface area contributed by atoms with E-state index in [1.54, 1.807) is 6.92 Å². The van der Waals surface area contributed by atoms with Crippen molar-refractivity contribution < 1.29 is 50.9 Å². The molecular weight excluding hydrogens is 404 g/mol. The highest BCUT2D eigenvalue weighted by atomic mass is 19.4. The summed E-state index contributed by atoms with van der Waals surface area (Å²) in [6, 6.07) is 1.12. The maximum absolute atomic E-state index is 11.1. The van der Waals surface area contributed by atoms with E-state index in [-0.39, 0.29) is 5.91 Å². The number of rotatable bonds is 1. The third kappa shape index (κ3) is 9.73. The smallest absolute Gasteiger partial charge is 0.475 e. The molecule has 164 valence electrons. The van der Waals surface area contributed by atoms with Crippen molar-refractivity contribution >= 4 is 17.8 Å². The zero-order chi connectivity index (χ0) is 22.3. The molecule has 2 fully saturated rings. The van der Waals surface area contributed by atoms with Crippen LogP contribution >= 0.6 is 0 Å². The van der Waals surface area contributed by atoms with Gasteiger partial charge in [-0.2, -0.15) is 26.3 Å². The summed E-state index contributed by atoms with van der Waals surface area (Å²) in [7, 11) is 0. The van der Waals surface area contributed by atoms with Crippen LogP contribution in [0.2, 0.25) is 0 Å². The van der Waals surface area contributed by atoms with Gasteiger partial charge in [-0.25, -0.2) is 9.59 Å². The maximum atomic E-state index is 11.1. The molecule has 0 unspecified atom stereocenters. The molecule has 2 rings (SSSR count). The third-order valence-electron chi connectivity index (χ3n) is 3.91. The predicted octanol–water partition coefficient (Wildman–Crippen LogP) is 0.907. The van der Waals surface area contributed by atoms with Crippen LogP contribution in [0.3, 0.4) is 0 Å².